The van der Waals surface area contributed by atoms with Gasteiger partial charge in [-0.3, -0.25) is 0 Å². The molecule has 0 saturated heterocycles. The second-order valence-electron chi connectivity index (χ2n) is 4.08. The Bertz CT molecular complexity index is 512. The minimum Gasteiger partial charge on any atom is -0.496 e. The molecule has 0 aliphatic rings. The monoisotopic (exact) mass is 263 g/mol. The Balaban J connectivity index is 2.23. The van der Waals surface area contributed by atoms with Crippen molar-refractivity contribution in [3.05, 3.63) is 40.4 Å². The molecule has 0 spiro atoms. The number of methoxy groups -OCH3 is 1. The van der Waals surface area contributed by atoms with Crippen LogP contribution in [-0.2, 0) is 6.42 Å². The van der Waals surface area contributed by atoms with Crippen molar-refractivity contribution in [2.24, 2.45) is 0 Å². The van der Waals surface area contributed by atoms with E-state index in [9.17, 15) is 0 Å². The normalized spacial score (nSPS) is 12.4. The van der Waals surface area contributed by atoms with Gasteiger partial charge >= 0.3 is 0 Å². The number of aryl methyl sites for hydroxylation is 1. The average molecular weight is 263 g/mol. The number of para-hydroxylation sites is 1. The summed E-state index contributed by atoms with van der Waals surface area (Å²) in [6.07, 6.45) is 0.866. The highest BCUT2D eigenvalue weighted by atomic mass is 32.1. The summed E-state index contributed by atoms with van der Waals surface area (Å²) in [6, 6.07) is 8.31. The van der Waals surface area contributed by atoms with Gasteiger partial charge in [0.1, 0.15) is 5.75 Å². The first-order valence-corrected chi connectivity index (χ1v) is 6.61. The van der Waals surface area contributed by atoms with E-state index < -0.39 is 0 Å². The minimum absolute atomic E-state index is 0.223. The van der Waals surface area contributed by atoms with E-state index in [1.165, 1.54) is 22.0 Å². The van der Waals surface area contributed by atoms with Gasteiger partial charge in [-0.05, 0) is 43.6 Å². The zero-order chi connectivity index (χ0) is 13.0. The standard InChI is InChI=1S/C13H17N3OS/c1-9-13(18-16-15-9)11(14-2)8-10-6-4-5-7-12(10)17-3/h4-7,11,14H,8H2,1-3H3. The first-order valence-electron chi connectivity index (χ1n) is 5.84. The number of rotatable bonds is 5. The summed E-state index contributed by atoms with van der Waals surface area (Å²) in [5.41, 5.74) is 2.18. The largest absolute Gasteiger partial charge is 0.496 e. The van der Waals surface area contributed by atoms with Gasteiger partial charge in [0.15, 0.2) is 0 Å². The van der Waals surface area contributed by atoms with Gasteiger partial charge in [-0.2, -0.15) is 0 Å². The summed E-state index contributed by atoms with van der Waals surface area (Å²) in [5.74, 6) is 0.924. The fourth-order valence-corrected chi connectivity index (χ4v) is 2.73. The van der Waals surface area contributed by atoms with Gasteiger partial charge < -0.3 is 10.1 Å². The molecule has 1 atom stereocenters. The van der Waals surface area contributed by atoms with Crippen LogP contribution in [-0.4, -0.2) is 23.7 Å². The van der Waals surface area contributed by atoms with Crippen LogP contribution < -0.4 is 10.1 Å². The molecule has 1 heterocycles. The Hall–Kier alpha value is -1.46. The van der Waals surface area contributed by atoms with Gasteiger partial charge in [-0.15, -0.1) is 5.10 Å². The molecule has 1 unspecified atom stereocenters. The maximum absolute atomic E-state index is 5.38. The van der Waals surface area contributed by atoms with Crippen LogP contribution in [0.5, 0.6) is 5.75 Å². The number of benzene rings is 1. The zero-order valence-electron chi connectivity index (χ0n) is 10.8. The van der Waals surface area contributed by atoms with Gasteiger partial charge in [0.05, 0.1) is 17.7 Å². The van der Waals surface area contributed by atoms with Crippen LogP contribution in [0.2, 0.25) is 0 Å². The predicted molar refractivity (Wildman–Crippen MR) is 73.1 cm³/mol. The molecule has 5 heteroatoms. The van der Waals surface area contributed by atoms with E-state index >= 15 is 0 Å². The van der Waals surface area contributed by atoms with Crippen molar-refractivity contribution in [3.8, 4) is 5.75 Å². The summed E-state index contributed by atoms with van der Waals surface area (Å²) >= 11 is 1.45. The molecule has 0 saturated carbocycles. The molecule has 96 valence electrons. The van der Waals surface area contributed by atoms with Crippen LogP contribution in [0.15, 0.2) is 24.3 Å². The molecule has 1 aromatic heterocycles. The lowest BCUT2D eigenvalue weighted by Gasteiger charge is -2.16. The second-order valence-corrected chi connectivity index (χ2v) is 4.87. The molecular weight excluding hydrogens is 246 g/mol. The molecule has 18 heavy (non-hydrogen) atoms. The fraction of sp³-hybridized carbons (Fsp3) is 0.385. The van der Waals surface area contributed by atoms with E-state index in [-0.39, 0.29) is 6.04 Å². The van der Waals surface area contributed by atoms with E-state index in [1.54, 1.807) is 7.11 Å². The number of aromatic nitrogens is 2. The van der Waals surface area contributed by atoms with Gasteiger partial charge in [-0.1, -0.05) is 22.7 Å². The van der Waals surface area contributed by atoms with Crippen molar-refractivity contribution in [3.63, 3.8) is 0 Å². The molecule has 0 aliphatic heterocycles. The molecule has 2 rings (SSSR count). The van der Waals surface area contributed by atoms with E-state index in [1.807, 2.05) is 32.2 Å². The van der Waals surface area contributed by atoms with Crippen molar-refractivity contribution >= 4 is 11.5 Å². The van der Waals surface area contributed by atoms with Crippen molar-refractivity contribution in [1.82, 2.24) is 14.9 Å². The zero-order valence-corrected chi connectivity index (χ0v) is 11.6. The first-order chi connectivity index (χ1) is 8.76. The smallest absolute Gasteiger partial charge is 0.122 e. The third kappa shape index (κ3) is 2.68. The lowest BCUT2D eigenvalue weighted by Crippen LogP contribution is -2.19. The third-order valence-electron chi connectivity index (χ3n) is 2.97. The summed E-state index contributed by atoms with van der Waals surface area (Å²) in [7, 11) is 3.66. The number of hydrogen-bond donors (Lipinski definition) is 1. The Kier molecular flexibility index (Phi) is 4.28. The number of hydrogen-bond acceptors (Lipinski definition) is 5. The van der Waals surface area contributed by atoms with Crippen LogP contribution in [0, 0.1) is 6.92 Å². The topological polar surface area (TPSA) is 47.0 Å². The summed E-state index contributed by atoms with van der Waals surface area (Å²) in [4.78, 5) is 1.18. The van der Waals surface area contributed by atoms with Gasteiger partial charge in [-0.25, -0.2) is 0 Å². The fourth-order valence-electron chi connectivity index (χ4n) is 1.97. The van der Waals surface area contributed by atoms with Gasteiger partial charge in [0.2, 0.25) is 0 Å². The predicted octanol–water partition coefficient (Wildman–Crippen LogP) is 2.36. The van der Waals surface area contributed by atoms with E-state index in [2.05, 4.69) is 21.0 Å². The van der Waals surface area contributed by atoms with Crippen LogP contribution in [0.4, 0.5) is 0 Å². The molecule has 0 bridgehead atoms. The molecular formula is C13H17N3OS. The first kappa shape index (κ1) is 13.0. The van der Waals surface area contributed by atoms with Gasteiger partial charge in [0.25, 0.3) is 0 Å². The molecule has 4 nitrogen and oxygen atoms in total. The van der Waals surface area contributed by atoms with Crippen molar-refractivity contribution in [2.75, 3.05) is 14.2 Å². The average Bonchev–Trinajstić information content (AvgIpc) is 2.82. The van der Waals surface area contributed by atoms with Crippen LogP contribution in [0.3, 0.4) is 0 Å². The quantitative estimate of drug-likeness (QED) is 0.899. The SMILES string of the molecule is CNC(Cc1ccccc1OC)c1snnc1C. The highest BCUT2D eigenvalue weighted by Crippen LogP contribution is 2.27. The maximum Gasteiger partial charge on any atom is 0.122 e. The maximum atomic E-state index is 5.38. The molecule has 1 aromatic carbocycles. The molecule has 0 amide bonds. The van der Waals surface area contributed by atoms with Crippen LogP contribution in [0.25, 0.3) is 0 Å². The van der Waals surface area contributed by atoms with Crippen LogP contribution >= 0.6 is 11.5 Å². The lowest BCUT2D eigenvalue weighted by molar-refractivity contribution is 0.406. The third-order valence-corrected chi connectivity index (χ3v) is 3.91. The molecule has 1 N–H and O–H groups in total. The molecule has 0 aliphatic carbocycles. The Morgan fingerprint density at radius 3 is 2.78 bits per heavy atom. The highest BCUT2D eigenvalue weighted by molar-refractivity contribution is 7.05. The number of nitrogens with one attached hydrogen (secondary N) is 1. The molecule has 0 fully saturated rings. The van der Waals surface area contributed by atoms with E-state index in [0.717, 1.165) is 17.9 Å². The van der Waals surface area contributed by atoms with Crippen molar-refractivity contribution < 1.29 is 4.74 Å². The lowest BCUT2D eigenvalue weighted by atomic mass is 10.0. The minimum atomic E-state index is 0.223. The Morgan fingerprint density at radius 2 is 2.17 bits per heavy atom. The van der Waals surface area contributed by atoms with Gasteiger partial charge in [0, 0.05) is 6.04 Å². The Morgan fingerprint density at radius 1 is 1.39 bits per heavy atom. The highest BCUT2D eigenvalue weighted by Gasteiger charge is 2.17. The van der Waals surface area contributed by atoms with E-state index in [4.69, 9.17) is 4.74 Å². The number of nitrogens with zero attached hydrogens (tertiary/aromatic N) is 2. The summed E-state index contributed by atoms with van der Waals surface area (Å²) in [6.45, 7) is 1.99. The van der Waals surface area contributed by atoms with Crippen molar-refractivity contribution in [1.29, 1.82) is 0 Å². The second kappa shape index (κ2) is 5.93. The molecule has 2 aromatic rings. The van der Waals surface area contributed by atoms with Crippen LogP contribution in [0.1, 0.15) is 22.2 Å². The number of likely N-dealkylation sites (N-methyl/N-ethyl adjacent to an activating group) is 1. The Labute approximate surface area is 111 Å². The number of ether oxygens (including phenoxy) is 1. The van der Waals surface area contributed by atoms with E-state index in [0.29, 0.717) is 0 Å². The molecule has 0 radical (unpaired) electrons. The van der Waals surface area contributed by atoms with Crippen molar-refractivity contribution in [2.45, 2.75) is 19.4 Å². The summed E-state index contributed by atoms with van der Waals surface area (Å²) < 4.78 is 9.38. The summed E-state index contributed by atoms with van der Waals surface area (Å²) in [5, 5.41) is 7.39.